The zero-order valence-corrected chi connectivity index (χ0v) is 11.1. The molecule has 1 atom stereocenters. The van der Waals surface area contributed by atoms with Crippen molar-refractivity contribution in [2.75, 3.05) is 0 Å². The van der Waals surface area contributed by atoms with Crippen molar-refractivity contribution in [2.45, 2.75) is 45.6 Å². The van der Waals surface area contributed by atoms with Gasteiger partial charge in [-0.2, -0.15) is 5.10 Å². The summed E-state index contributed by atoms with van der Waals surface area (Å²) in [4.78, 5) is 0. The number of aryl methyl sites for hydroxylation is 2. The lowest BCUT2D eigenvalue weighted by molar-refractivity contribution is -0.00713. The second-order valence-electron chi connectivity index (χ2n) is 5.49. The van der Waals surface area contributed by atoms with Crippen LogP contribution in [0.3, 0.4) is 0 Å². The van der Waals surface area contributed by atoms with E-state index >= 15 is 0 Å². The molecular weight excluding hydrogens is 224 g/mol. The van der Waals surface area contributed by atoms with Crippen LogP contribution in [0, 0.1) is 12.3 Å². The smallest absolute Gasteiger partial charge is 0.130 e. The Morgan fingerprint density at radius 3 is 2.50 bits per heavy atom. The zero-order chi connectivity index (χ0) is 12.1. The summed E-state index contributed by atoms with van der Waals surface area (Å²) < 4.78 is 1.66. The van der Waals surface area contributed by atoms with Gasteiger partial charge in [0.05, 0.1) is 11.3 Å². The van der Waals surface area contributed by atoms with Crippen molar-refractivity contribution in [1.82, 2.24) is 9.78 Å². The number of halogens is 1. The summed E-state index contributed by atoms with van der Waals surface area (Å²) in [7, 11) is 1.83. The summed E-state index contributed by atoms with van der Waals surface area (Å²) in [5.74, 6) is 0. The summed E-state index contributed by atoms with van der Waals surface area (Å²) in [5.41, 5.74) is 1.25. The van der Waals surface area contributed by atoms with Gasteiger partial charge in [-0.25, -0.2) is 0 Å². The van der Waals surface area contributed by atoms with Gasteiger partial charge in [0.2, 0.25) is 0 Å². The fourth-order valence-corrected chi connectivity index (χ4v) is 2.40. The van der Waals surface area contributed by atoms with Crippen LogP contribution >= 0.6 is 11.6 Å². The van der Waals surface area contributed by atoms with Gasteiger partial charge in [-0.3, -0.25) is 4.68 Å². The second kappa shape index (κ2) is 3.47. The van der Waals surface area contributed by atoms with Crippen molar-refractivity contribution in [3.05, 3.63) is 16.4 Å². The third kappa shape index (κ3) is 1.76. The number of nitrogens with zero attached hydrogens (tertiary/aromatic N) is 2. The van der Waals surface area contributed by atoms with E-state index in [9.17, 15) is 5.11 Å². The van der Waals surface area contributed by atoms with Crippen LogP contribution in [0.5, 0.6) is 0 Å². The van der Waals surface area contributed by atoms with E-state index in [1.807, 2.05) is 20.9 Å². The van der Waals surface area contributed by atoms with Crippen molar-refractivity contribution in [1.29, 1.82) is 0 Å². The molecule has 1 unspecified atom stereocenters. The topological polar surface area (TPSA) is 38.0 Å². The average Bonchev–Trinajstić information content (AvgIpc) is 2.88. The van der Waals surface area contributed by atoms with Crippen LogP contribution in [0.1, 0.15) is 37.9 Å². The van der Waals surface area contributed by atoms with Gasteiger partial charge < -0.3 is 5.11 Å². The van der Waals surface area contributed by atoms with Gasteiger partial charge in [-0.05, 0) is 32.1 Å². The van der Waals surface area contributed by atoms with E-state index in [-0.39, 0.29) is 5.41 Å². The Bertz CT molecular complexity index is 419. The molecule has 0 spiro atoms. The molecule has 90 valence electrons. The van der Waals surface area contributed by atoms with E-state index in [2.05, 4.69) is 12.0 Å². The Morgan fingerprint density at radius 1 is 1.56 bits per heavy atom. The number of rotatable bonds is 3. The van der Waals surface area contributed by atoms with E-state index < -0.39 is 5.60 Å². The molecule has 1 saturated carbocycles. The Kier molecular flexibility index (Phi) is 2.59. The second-order valence-corrected chi connectivity index (χ2v) is 5.85. The van der Waals surface area contributed by atoms with E-state index in [0.717, 1.165) is 24.1 Å². The molecule has 1 N–H and O–H groups in total. The normalized spacial score (nSPS) is 21.9. The molecule has 1 aliphatic rings. The minimum Gasteiger partial charge on any atom is -0.389 e. The van der Waals surface area contributed by atoms with Crippen molar-refractivity contribution >= 4 is 11.6 Å². The standard InChI is InChI=1S/C12H19ClN2O/c1-8-9(10(13)15(4)14-8)7-12(3,16)11(2)5-6-11/h16H,5-7H2,1-4H3. The highest BCUT2D eigenvalue weighted by molar-refractivity contribution is 6.30. The maximum atomic E-state index is 10.5. The van der Waals surface area contributed by atoms with Gasteiger partial charge in [-0.15, -0.1) is 0 Å². The zero-order valence-electron chi connectivity index (χ0n) is 10.3. The van der Waals surface area contributed by atoms with Gasteiger partial charge in [-0.1, -0.05) is 18.5 Å². The molecule has 0 bridgehead atoms. The Labute approximate surface area is 101 Å². The predicted octanol–water partition coefficient (Wildman–Crippen LogP) is 2.48. The van der Waals surface area contributed by atoms with Crippen LogP contribution in [0.15, 0.2) is 0 Å². The van der Waals surface area contributed by atoms with E-state index in [4.69, 9.17) is 11.6 Å². The van der Waals surface area contributed by atoms with E-state index in [0.29, 0.717) is 11.6 Å². The first kappa shape index (κ1) is 11.9. The molecule has 3 nitrogen and oxygen atoms in total. The van der Waals surface area contributed by atoms with Crippen LogP contribution in [-0.4, -0.2) is 20.5 Å². The Hall–Kier alpha value is -0.540. The lowest BCUT2D eigenvalue weighted by Crippen LogP contribution is -2.37. The maximum Gasteiger partial charge on any atom is 0.130 e. The lowest BCUT2D eigenvalue weighted by Gasteiger charge is -2.30. The monoisotopic (exact) mass is 242 g/mol. The molecule has 1 aromatic heterocycles. The summed E-state index contributed by atoms with van der Waals surface area (Å²) in [6.07, 6.45) is 2.77. The highest BCUT2D eigenvalue weighted by Gasteiger charge is 2.52. The van der Waals surface area contributed by atoms with Gasteiger partial charge in [0.25, 0.3) is 0 Å². The first-order chi connectivity index (χ1) is 7.27. The molecule has 1 aliphatic carbocycles. The SMILES string of the molecule is Cc1nn(C)c(Cl)c1CC(C)(O)C1(C)CC1. The largest absolute Gasteiger partial charge is 0.389 e. The molecule has 1 aromatic rings. The van der Waals surface area contributed by atoms with Gasteiger partial charge in [0, 0.05) is 19.0 Å². The highest BCUT2D eigenvalue weighted by Crippen LogP contribution is 2.54. The molecule has 0 saturated heterocycles. The fourth-order valence-electron chi connectivity index (χ4n) is 2.16. The van der Waals surface area contributed by atoms with E-state index in [1.54, 1.807) is 4.68 Å². The summed E-state index contributed by atoms with van der Waals surface area (Å²) in [6, 6.07) is 0. The van der Waals surface area contributed by atoms with Crippen molar-refractivity contribution < 1.29 is 5.11 Å². The molecule has 2 rings (SSSR count). The summed E-state index contributed by atoms with van der Waals surface area (Å²) >= 11 is 6.18. The molecule has 0 aromatic carbocycles. The number of aliphatic hydroxyl groups is 1. The molecule has 0 aliphatic heterocycles. The quantitative estimate of drug-likeness (QED) is 0.884. The first-order valence-corrected chi connectivity index (χ1v) is 6.05. The van der Waals surface area contributed by atoms with E-state index in [1.165, 1.54) is 0 Å². The minimum absolute atomic E-state index is 0.0542. The average molecular weight is 243 g/mol. The van der Waals surface area contributed by atoms with Crippen LogP contribution in [-0.2, 0) is 13.5 Å². The molecule has 0 radical (unpaired) electrons. The summed E-state index contributed by atoms with van der Waals surface area (Å²) in [5, 5.41) is 15.4. The maximum absolute atomic E-state index is 10.5. The first-order valence-electron chi connectivity index (χ1n) is 5.67. The molecule has 16 heavy (non-hydrogen) atoms. The molecule has 0 amide bonds. The third-order valence-electron chi connectivity index (χ3n) is 4.09. The van der Waals surface area contributed by atoms with Crippen LogP contribution in [0.25, 0.3) is 0 Å². The van der Waals surface area contributed by atoms with Crippen molar-refractivity contribution in [3.63, 3.8) is 0 Å². The third-order valence-corrected chi connectivity index (χ3v) is 4.56. The van der Waals surface area contributed by atoms with Crippen molar-refractivity contribution in [2.24, 2.45) is 12.5 Å². The van der Waals surface area contributed by atoms with Crippen LogP contribution in [0.4, 0.5) is 0 Å². The lowest BCUT2D eigenvalue weighted by atomic mass is 9.82. The van der Waals surface area contributed by atoms with Gasteiger partial charge in [0.1, 0.15) is 5.15 Å². The van der Waals surface area contributed by atoms with Gasteiger partial charge >= 0.3 is 0 Å². The van der Waals surface area contributed by atoms with Crippen LogP contribution in [0.2, 0.25) is 5.15 Å². The van der Waals surface area contributed by atoms with Crippen LogP contribution < -0.4 is 0 Å². The number of hydrogen-bond donors (Lipinski definition) is 1. The minimum atomic E-state index is -0.690. The molecule has 1 heterocycles. The Balaban J connectivity index is 2.27. The molecule has 1 fully saturated rings. The molecule has 4 heteroatoms. The summed E-state index contributed by atoms with van der Waals surface area (Å²) in [6.45, 7) is 5.97. The fraction of sp³-hybridized carbons (Fsp3) is 0.750. The highest BCUT2D eigenvalue weighted by atomic mass is 35.5. The van der Waals surface area contributed by atoms with Gasteiger partial charge in [0.15, 0.2) is 0 Å². The predicted molar refractivity (Wildman–Crippen MR) is 64.6 cm³/mol. The van der Waals surface area contributed by atoms with Crippen molar-refractivity contribution in [3.8, 4) is 0 Å². The number of hydrogen-bond acceptors (Lipinski definition) is 2. The number of aromatic nitrogens is 2. The molecular formula is C12H19ClN2O. The Morgan fingerprint density at radius 2 is 2.12 bits per heavy atom.